The lowest BCUT2D eigenvalue weighted by atomic mass is 9.97. The van der Waals surface area contributed by atoms with Gasteiger partial charge >= 0.3 is 0 Å². The van der Waals surface area contributed by atoms with Crippen molar-refractivity contribution < 1.29 is 27.9 Å². The number of allylic oxidation sites excluding steroid dienone is 1. The molecule has 166 valence electrons. The molecule has 2 aromatic rings. The van der Waals surface area contributed by atoms with Gasteiger partial charge in [-0.3, -0.25) is 10.0 Å². The van der Waals surface area contributed by atoms with Crippen molar-refractivity contribution in [3.8, 4) is 5.75 Å². The van der Waals surface area contributed by atoms with Crippen LogP contribution in [0.1, 0.15) is 12.0 Å². The molecule has 2 unspecified atom stereocenters. The molecule has 1 aliphatic rings. The van der Waals surface area contributed by atoms with Crippen LogP contribution in [0.5, 0.6) is 5.75 Å². The summed E-state index contributed by atoms with van der Waals surface area (Å²) in [7, 11) is -2.53. The SMILES string of the molecule is COc1ccc(S(=O)(=O)N2CC=CCC(COCc3ccccc3)C2C(=O)NO)cc1. The first-order valence-electron chi connectivity index (χ1n) is 9.84. The fraction of sp³-hybridized carbons (Fsp3) is 0.318. The number of hydrogen-bond acceptors (Lipinski definition) is 6. The summed E-state index contributed by atoms with van der Waals surface area (Å²) in [6, 6.07) is 14.4. The minimum atomic E-state index is -4.03. The number of amides is 1. The van der Waals surface area contributed by atoms with Crippen LogP contribution in [0.15, 0.2) is 71.6 Å². The first-order chi connectivity index (χ1) is 15.0. The molecule has 2 atom stereocenters. The standard InChI is InChI=1S/C22H26N2O6S/c1-29-19-10-12-20(13-11-19)31(27,28)24-14-6-5-9-18(21(24)22(25)23-26)16-30-15-17-7-3-2-4-8-17/h2-8,10-13,18,21,26H,9,14-16H2,1H3,(H,23,25). The number of hydrogen-bond donors (Lipinski definition) is 2. The number of hydroxylamine groups is 1. The predicted octanol–water partition coefficient (Wildman–Crippen LogP) is 2.35. The van der Waals surface area contributed by atoms with Gasteiger partial charge in [0.05, 0.1) is 25.2 Å². The quantitative estimate of drug-likeness (QED) is 0.366. The molecule has 0 fully saturated rings. The molecule has 31 heavy (non-hydrogen) atoms. The van der Waals surface area contributed by atoms with Crippen molar-refractivity contribution in [2.75, 3.05) is 20.3 Å². The Balaban J connectivity index is 1.84. The average molecular weight is 447 g/mol. The summed E-state index contributed by atoms with van der Waals surface area (Å²) in [5.41, 5.74) is 2.59. The topological polar surface area (TPSA) is 105 Å². The second-order valence-corrected chi connectivity index (χ2v) is 9.03. The highest BCUT2D eigenvalue weighted by Crippen LogP contribution is 2.28. The molecule has 9 heteroatoms. The van der Waals surface area contributed by atoms with Crippen molar-refractivity contribution >= 4 is 15.9 Å². The molecular formula is C22H26N2O6S. The number of methoxy groups -OCH3 is 1. The molecule has 2 N–H and O–H groups in total. The zero-order chi connectivity index (χ0) is 22.3. The Morgan fingerprint density at radius 3 is 2.48 bits per heavy atom. The van der Waals surface area contributed by atoms with Gasteiger partial charge in [0, 0.05) is 12.5 Å². The van der Waals surface area contributed by atoms with Crippen LogP contribution in [-0.4, -0.2) is 50.1 Å². The summed E-state index contributed by atoms with van der Waals surface area (Å²) < 4.78 is 38.7. The summed E-state index contributed by atoms with van der Waals surface area (Å²) in [4.78, 5) is 12.6. The highest BCUT2D eigenvalue weighted by Gasteiger charge is 2.41. The zero-order valence-corrected chi connectivity index (χ0v) is 18.0. The van der Waals surface area contributed by atoms with E-state index in [1.807, 2.05) is 36.4 Å². The molecule has 2 aromatic carbocycles. The van der Waals surface area contributed by atoms with E-state index in [4.69, 9.17) is 9.47 Å². The number of rotatable bonds is 8. The van der Waals surface area contributed by atoms with E-state index in [1.165, 1.54) is 19.2 Å². The normalized spacial score (nSPS) is 19.5. The summed E-state index contributed by atoms with van der Waals surface area (Å²) in [5.74, 6) is -0.761. The fourth-order valence-electron chi connectivity index (χ4n) is 3.53. The average Bonchev–Trinajstić information content (AvgIpc) is 3.02. The van der Waals surface area contributed by atoms with Crippen molar-refractivity contribution in [2.45, 2.75) is 24.0 Å². The Hall–Kier alpha value is -2.72. The van der Waals surface area contributed by atoms with E-state index >= 15 is 0 Å². The molecule has 0 saturated heterocycles. The highest BCUT2D eigenvalue weighted by molar-refractivity contribution is 7.89. The Morgan fingerprint density at radius 2 is 1.84 bits per heavy atom. The Kier molecular flexibility index (Phi) is 7.80. The zero-order valence-electron chi connectivity index (χ0n) is 17.2. The highest BCUT2D eigenvalue weighted by atomic mass is 32.2. The first kappa shape index (κ1) is 23.0. The number of sulfonamides is 1. The summed E-state index contributed by atoms with van der Waals surface area (Å²) in [6.07, 6.45) is 3.97. The van der Waals surface area contributed by atoms with Gasteiger partial charge in [0.1, 0.15) is 11.8 Å². The third-order valence-electron chi connectivity index (χ3n) is 5.14. The molecule has 0 aliphatic carbocycles. The maximum absolute atomic E-state index is 13.4. The fourth-order valence-corrected chi connectivity index (χ4v) is 5.13. The van der Waals surface area contributed by atoms with Crippen molar-refractivity contribution in [1.29, 1.82) is 0 Å². The molecule has 0 aromatic heterocycles. The van der Waals surface area contributed by atoms with Crippen LogP contribution in [0.4, 0.5) is 0 Å². The molecule has 8 nitrogen and oxygen atoms in total. The number of benzene rings is 2. The Morgan fingerprint density at radius 1 is 1.13 bits per heavy atom. The third-order valence-corrected chi connectivity index (χ3v) is 7.00. The van der Waals surface area contributed by atoms with Gasteiger partial charge in [-0.2, -0.15) is 4.31 Å². The van der Waals surface area contributed by atoms with Gasteiger partial charge in [0.15, 0.2) is 0 Å². The first-order valence-corrected chi connectivity index (χ1v) is 11.3. The molecule has 3 rings (SSSR count). The second kappa shape index (κ2) is 10.5. The molecule has 1 heterocycles. The molecule has 1 aliphatic heterocycles. The van der Waals surface area contributed by atoms with Crippen LogP contribution in [0.3, 0.4) is 0 Å². The van der Waals surface area contributed by atoms with E-state index in [2.05, 4.69) is 0 Å². The third kappa shape index (κ3) is 5.50. The van der Waals surface area contributed by atoms with Gasteiger partial charge in [0.2, 0.25) is 10.0 Å². The Labute approximate surface area is 182 Å². The maximum atomic E-state index is 13.4. The van der Waals surface area contributed by atoms with Crippen LogP contribution in [-0.2, 0) is 26.2 Å². The molecular weight excluding hydrogens is 420 g/mol. The van der Waals surface area contributed by atoms with E-state index in [0.29, 0.717) is 18.8 Å². The minimum Gasteiger partial charge on any atom is -0.497 e. The molecule has 0 radical (unpaired) electrons. The Bertz CT molecular complexity index is 992. The molecule has 0 bridgehead atoms. The second-order valence-electron chi connectivity index (χ2n) is 7.14. The van der Waals surface area contributed by atoms with Crippen LogP contribution in [0.25, 0.3) is 0 Å². The number of carbonyl (C=O) groups excluding carboxylic acids is 1. The largest absolute Gasteiger partial charge is 0.497 e. The number of nitrogens with one attached hydrogen (secondary N) is 1. The van der Waals surface area contributed by atoms with Crippen molar-refractivity contribution in [3.63, 3.8) is 0 Å². The monoisotopic (exact) mass is 446 g/mol. The van der Waals surface area contributed by atoms with Crippen LogP contribution in [0.2, 0.25) is 0 Å². The number of ether oxygens (including phenoxy) is 2. The van der Waals surface area contributed by atoms with Gasteiger partial charge in [-0.25, -0.2) is 13.9 Å². The smallest absolute Gasteiger partial charge is 0.262 e. The number of nitrogens with zero attached hydrogens (tertiary/aromatic N) is 1. The van der Waals surface area contributed by atoms with E-state index in [-0.39, 0.29) is 18.0 Å². The maximum Gasteiger partial charge on any atom is 0.262 e. The van der Waals surface area contributed by atoms with Gasteiger partial charge in [0.25, 0.3) is 5.91 Å². The lowest BCUT2D eigenvalue weighted by molar-refractivity contribution is -0.135. The van der Waals surface area contributed by atoms with Gasteiger partial charge in [-0.1, -0.05) is 42.5 Å². The van der Waals surface area contributed by atoms with E-state index in [9.17, 15) is 18.4 Å². The van der Waals surface area contributed by atoms with Crippen molar-refractivity contribution in [2.24, 2.45) is 5.92 Å². The van der Waals surface area contributed by atoms with Crippen molar-refractivity contribution in [3.05, 3.63) is 72.3 Å². The lowest BCUT2D eigenvalue weighted by Gasteiger charge is -2.32. The molecule has 0 saturated carbocycles. The summed E-state index contributed by atoms with van der Waals surface area (Å²) in [5, 5.41) is 9.32. The minimum absolute atomic E-state index is 0.00162. The van der Waals surface area contributed by atoms with E-state index in [0.717, 1.165) is 9.87 Å². The number of carbonyl (C=O) groups is 1. The van der Waals surface area contributed by atoms with Crippen LogP contribution >= 0.6 is 0 Å². The summed E-state index contributed by atoms with van der Waals surface area (Å²) >= 11 is 0. The molecule has 0 spiro atoms. The van der Waals surface area contributed by atoms with Crippen LogP contribution < -0.4 is 10.2 Å². The molecule has 1 amide bonds. The van der Waals surface area contributed by atoms with Gasteiger partial charge in [-0.15, -0.1) is 0 Å². The van der Waals surface area contributed by atoms with Gasteiger partial charge < -0.3 is 9.47 Å². The van der Waals surface area contributed by atoms with E-state index in [1.54, 1.807) is 23.7 Å². The van der Waals surface area contributed by atoms with Crippen molar-refractivity contribution in [1.82, 2.24) is 9.79 Å². The summed E-state index contributed by atoms with van der Waals surface area (Å²) in [6.45, 7) is 0.480. The van der Waals surface area contributed by atoms with Gasteiger partial charge in [-0.05, 0) is 36.2 Å². The van der Waals surface area contributed by atoms with E-state index < -0.39 is 27.9 Å². The van der Waals surface area contributed by atoms with Crippen LogP contribution in [0, 0.1) is 5.92 Å². The predicted molar refractivity (Wildman–Crippen MR) is 114 cm³/mol. The lowest BCUT2D eigenvalue weighted by Crippen LogP contribution is -2.53.